The second-order valence-corrected chi connectivity index (χ2v) is 4.52. The molecule has 0 aromatic rings. The molecule has 0 fully saturated rings. The van der Waals surface area contributed by atoms with Gasteiger partial charge in [-0.15, -0.1) is 0 Å². The van der Waals surface area contributed by atoms with Crippen molar-refractivity contribution < 1.29 is 9.90 Å². The molecular formula is C12H26N2O2. The van der Waals surface area contributed by atoms with E-state index in [1.165, 1.54) is 0 Å². The van der Waals surface area contributed by atoms with E-state index in [4.69, 9.17) is 5.11 Å². The molecule has 0 saturated heterocycles. The van der Waals surface area contributed by atoms with Gasteiger partial charge in [-0.25, -0.2) is 0 Å². The van der Waals surface area contributed by atoms with Crippen LogP contribution >= 0.6 is 0 Å². The zero-order valence-corrected chi connectivity index (χ0v) is 11.0. The molecule has 0 saturated carbocycles. The lowest BCUT2D eigenvalue weighted by Gasteiger charge is -2.24. The number of nitrogens with zero attached hydrogens (tertiary/aromatic N) is 1. The molecule has 2 N–H and O–H groups in total. The molecule has 0 aliphatic heterocycles. The van der Waals surface area contributed by atoms with Crippen LogP contribution in [0.2, 0.25) is 0 Å². The van der Waals surface area contributed by atoms with Crippen molar-refractivity contribution >= 4 is 5.97 Å². The van der Waals surface area contributed by atoms with Crippen molar-refractivity contribution in [3.63, 3.8) is 0 Å². The highest BCUT2D eigenvalue weighted by Crippen LogP contribution is 2.02. The fraction of sp³-hybridized carbons (Fsp3) is 0.917. The van der Waals surface area contributed by atoms with E-state index < -0.39 is 12.0 Å². The van der Waals surface area contributed by atoms with Gasteiger partial charge in [0, 0.05) is 13.1 Å². The van der Waals surface area contributed by atoms with Crippen LogP contribution in [0.1, 0.15) is 34.1 Å². The van der Waals surface area contributed by atoms with Crippen molar-refractivity contribution in [3.05, 3.63) is 0 Å². The number of carbonyl (C=O) groups is 1. The van der Waals surface area contributed by atoms with Gasteiger partial charge in [0.2, 0.25) is 0 Å². The van der Waals surface area contributed by atoms with Gasteiger partial charge in [-0.1, -0.05) is 27.7 Å². The van der Waals surface area contributed by atoms with Crippen LogP contribution in [0.25, 0.3) is 0 Å². The summed E-state index contributed by atoms with van der Waals surface area (Å²) in [6.45, 7) is 12.0. The molecule has 1 atom stereocenters. The molecular weight excluding hydrogens is 204 g/mol. The largest absolute Gasteiger partial charge is 0.480 e. The molecule has 0 aliphatic rings. The van der Waals surface area contributed by atoms with Crippen LogP contribution in [-0.2, 0) is 4.79 Å². The molecule has 0 heterocycles. The number of carboxylic acids is 1. The number of hydrogen-bond donors (Lipinski definition) is 2. The number of likely N-dealkylation sites (N-methyl/N-ethyl adjacent to an activating group) is 1. The Morgan fingerprint density at radius 2 is 2.00 bits per heavy atom. The molecule has 96 valence electrons. The molecule has 0 radical (unpaired) electrons. The van der Waals surface area contributed by atoms with Crippen LogP contribution in [-0.4, -0.2) is 48.2 Å². The van der Waals surface area contributed by atoms with E-state index in [2.05, 4.69) is 31.0 Å². The highest BCUT2D eigenvalue weighted by atomic mass is 16.4. The predicted molar refractivity (Wildman–Crippen MR) is 66.7 cm³/mol. The van der Waals surface area contributed by atoms with Crippen molar-refractivity contribution in [2.45, 2.75) is 40.2 Å². The summed E-state index contributed by atoms with van der Waals surface area (Å²) in [4.78, 5) is 13.2. The zero-order valence-electron chi connectivity index (χ0n) is 11.0. The minimum atomic E-state index is -0.748. The normalized spacial score (nSPS) is 13.4. The lowest BCUT2D eigenvalue weighted by atomic mass is 10.1. The third kappa shape index (κ3) is 6.80. The van der Waals surface area contributed by atoms with Gasteiger partial charge in [0.05, 0.1) is 0 Å². The molecule has 4 heteroatoms. The average molecular weight is 230 g/mol. The summed E-state index contributed by atoms with van der Waals surface area (Å²) < 4.78 is 0. The van der Waals surface area contributed by atoms with E-state index >= 15 is 0 Å². The topological polar surface area (TPSA) is 52.6 Å². The van der Waals surface area contributed by atoms with Gasteiger partial charge in [0.1, 0.15) is 6.04 Å². The Kier molecular flexibility index (Phi) is 8.21. The summed E-state index contributed by atoms with van der Waals surface area (Å²) in [5.41, 5.74) is 0. The molecule has 0 amide bonds. The highest BCUT2D eigenvalue weighted by molar-refractivity contribution is 5.73. The van der Waals surface area contributed by atoms with Crippen molar-refractivity contribution in [1.82, 2.24) is 10.2 Å². The first-order valence-electron chi connectivity index (χ1n) is 6.19. The molecule has 0 aromatic carbocycles. The Bertz CT molecular complexity index is 195. The Morgan fingerprint density at radius 3 is 2.38 bits per heavy atom. The van der Waals surface area contributed by atoms with Crippen molar-refractivity contribution in [3.8, 4) is 0 Å². The van der Waals surface area contributed by atoms with Crippen LogP contribution in [0.3, 0.4) is 0 Å². The summed E-state index contributed by atoms with van der Waals surface area (Å²) in [7, 11) is 0. The maximum atomic E-state index is 10.9. The minimum Gasteiger partial charge on any atom is -0.480 e. The lowest BCUT2D eigenvalue weighted by Crippen LogP contribution is -2.40. The lowest BCUT2D eigenvalue weighted by molar-refractivity contribution is -0.139. The Hall–Kier alpha value is -0.610. The predicted octanol–water partition coefficient (Wildman–Crippen LogP) is 1.42. The van der Waals surface area contributed by atoms with Gasteiger partial charge < -0.3 is 15.3 Å². The van der Waals surface area contributed by atoms with E-state index in [1.807, 2.05) is 6.92 Å². The van der Waals surface area contributed by atoms with E-state index in [0.29, 0.717) is 18.9 Å². The van der Waals surface area contributed by atoms with Crippen molar-refractivity contribution in [2.24, 2.45) is 5.92 Å². The number of rotatable bonds is 9. The first-order valence-corrected chi connectivity index (χ1v) is 6.19. The number of nitrogens with one attached hydrogen (secondary N) is 1. The fourth-order valence-corrected chi connectivity index (χ4v) is 1.77. The van der Waals surface area contributed by atoms with E-state index in [9.17, 15) is 4.79 Å². The molecule has 0 aliphatic carbocycles. The molecule has 0 aromatic heterocycles. The van der Waals surface area contributed by atoms with Gasteiger partial charge in [0.25, 0.3) is 0 Å². The van der Waals surface area contributed by atoms with Gasteiger partial charge in [0.15, 0.2) is 0 Å². The average Bonchev–Trinajstić information content (AvgIpc) is 2.21. The van der Waals surface area contributed by atoms with E-state index in [0.717, 1.165) is 19.6 Å². The van der Waals surface area contributed by atoms with Crippen LogP contribution < -0.4 is 5.32 Å². The SMILES string of the molecule is CCNC(CCN(CC)CC(C)C)C(=O)O. The number of hydrogen-bond acceptors (Lipinski definition) is 3. The third-order valence-corrected chi connectivity index (χ3v) is 2.55. The van der Waals surface area contributed by atoms with Gasteiger partial charge >= 0.3 is 5.97 Å². The number of carboxylic acid groups (broad SMARTS) is 1. The van der Waals surface area contributed by atoms with E-state index in [1.54, 1.807) is 0 Å². The molecule has 0 rings (SSSR count). The highest BCUT2D eigenvalue weighted by Gasteiger charge is 2.17. The van der Waals surface area contributed by atoms with Crippen LogP contribution in [0.15, 0.2) is 0 Å². The minimum absolute atomic E-state index is 0.411. The summed E-state index contributed by atoms with van der Waals surface area (Å²) >= 11 is 0. The Balaban J connectivity index is 4.00. The van der Waals surface area contributed by atoms with Crippen LogP contribution in [0.4, 0.5) is 0 Å². The van der Waals surface area contributed by atoms with Gasteiger partial charge in [-0.2, -0.15) is 0 Å². The molecule has 16 heavy (non-hydrogen) atoms. The maximum absolute atomic E-state index is 10.9. The molecule has 0 spiro atoms. The van der Waals surface area contributed by atoms with Gasteiger partial charge in [-0.05, 0) is 25.4 Å². The Labute approximate surface area is 99.0 Å². The van der Waals surface area contributed by atoms with Crippen molar-refractivity contribution in [2.75, 3.05) is 26.2 Å². The maximum Gasteiger partial charge on any atom is 0.320 e. The molecule has 4 nitrogen and oxygen atoms in total. The second-order valence-electron chi connectivity index (χ2n) is 4.52. The van der Waals surface area contributed by atoms with Crippen LogP contribution in [0.5, 0.6) is 0 Å². The number of aliphatic carboxylic acids is 1. The monoisotopic (exact) mass is 230 g/mol. The summed E-state index contributed by atoms with van der Waals surface area (Å²) in [5, 5.41) is 12.0. The fourth-order valence-electron chi connectivity index (χ4n) is 1.77. The van der Waals surface area contributed by atoms with E-state index in [-0.39, 0.29) is 0 Å². The summed E-state index contributed by atoms with van der Waals surface area (Å²) in [6.07, 6.45) is 0.670. The quantitative estimate of drug-likeness (QED) is 0.629. The molecule has 1 unspecified atom stereocenters. The van der Waals surface area contributed by atoms with Crippen molar-refractivity contribution in [1.29, 1.82) is 0 Å². The van der Waals surface area contributed by atoms with Crippen LogP contribution in [0, 0.1) is 5.92 Å². The van der Waals surface area contributed by atoms with Gasteiger partial charge in [-0.3, -0.25) is 4.79 Å². The summed E-state index contributed by atoms with van der Waals surface area (Å²) in [6, 6.07) is -0.411. The summed E-state index contributed by atoms with van der Waals surface area (Å²) in [5.74, 6) is -0.121. The molecule has 0 bridgehead atoms. The Morgan fingerprint density at radius 1 is 1.38 bits per heavy atom. The first-order chi connectivity index (χ1) is 7.51. The first kappa shape index (κ1) is 15.4. The standard InChI is InChI=1S/C12H26N2O2/c1-5-13-11(12(15)16)7-8-14(6-2)9-10(3)4/h10-11,13H,5-9H2,1-4H3,(H,15,16). The third-order valence-electron chi connectivity index (χ3n) is 2.55. The second kappa shape index (κ2) is 8.53. The smallest absolute Gasteiger partial charge is 0.320 e. The zero-order chi connectivity index (χ0) is 12.6.